The average Bonchev–Trinajstić information content (AvgIpc) is 2.86. The number of Topliss-reactive ketones (excluding diaryl/α,β-unsaturated/α-hetero) is 1. The largest absolute Gasteiger partial charge is 0.373 e. The highest BCUT2D eigenvalue weighted by Gasteiger charge is 2.08. The Kier molecular flexibility index (Phi) is 5.58. The lowest BCUT2D eigenvalue weighted by Gasteiger charge is -2.03. The first-order chi connectivity index (χ1) is 9.25. The Balaban J connectivity index is 1.63. The highest BCUT2D eigenvalue weighted by Crippen LogP contribution is 2.21. The van der Waals surface area contributed by atoms with Crippen LogP contribution in [0.25, 0.3) is 0 Å². The van der Waals surface area contributed by atoms with Gasteiger partial charge in [0.05, 0.1) is 9.21 Å². The standard InChI is InChI=1S/C15H15ClO2S/c16-15-9-8-14(19-15)13(17)11-18-10-4-7-12-5-2-1-3-6-12/h1-3,5-6,8-9H,4,7,10-11H2. The summed E-state index contributed by atoms with van der Waals surface area (Å²) in [6.07, 6.45) is 1.89. The van der Waals surface area contributed by atoms with Crippen molar-refractivity contribution in [2.75, 3.05) is 13.2 Å². The zero-order valence-corrected chi connectivity index (χ0v) is 12.0. The van der Waals surface area contributed by atoms with Crippen LogP contribution in [0.1, 0.15) is 21.7 Å². The van der Waals surface area contributed by atoms with Gasteiger partial charge in [0.1, 0.15) is 6.61 Å². The summed E-state index contributed by atoms with van der Waals surface area (Å²) >= 11 is 7.07. The van der Waals surface area contributed by atoms with Crippen LogP contribution in [-0.2, 0) is 11.2 Å². The molecule has 4 heteroatoms. The molecular weight excluding hydrogens is 280 g/mol. The van der Waals surface area contributed by atoms with E-state index in [4.69, 9.17) is 16.3 Å². The van der Waals surface area contributed by atoms with Crippen molar-refractivity contribution < 1.29 is 9.53 Å². The van der Waals surface area contributed by atoms with E-state index in [-0.39, 0.29) is 12.4 Å². The topological polar surface area (TPSA) is 26.3 Å². The Morgan fingerprint density at radius 1 is 1.16 bits per heavy atom. The van der Waals surface area contributed by atoms with Crippen molar-refractivity contribution >= 4 is 28.7 Å². The van der Waals surface area contributed by atoms with E-state index >= 15 is 0 Å². The van der Waals surface area contributed by atoms with Crippen molar-refractivity contribution in [3.63, 3.8) is 0 Å². The molecule has 0 fully saturated rings. The molecule has 0 atom stereocenters. The zero-order chi connectivity index (χ0) is 13.5. The second kappa shape index (κ2) is 7.43. The normalized spacial score (nSPS) is 10.6. The van der Waals surface area contributed by atoms with E-state index in [1.807, 2.05) is 18.2 Å². The average molecular weight is 295 g/mol. The van der Waals surface area contributed by atoms with E-state index in [1.54, 1.807) is 12.1 Å². The van der Waals surface area contributed by atoms with E-state index in [0.717, 1.165) is 12.8 Å². The van der Waals surface area contributed by atoms with Gasteiger partial charge in [0.25, 0.3) is 0 Å². The van der Waals surface area contributed by atoms with E-state index in [0.29, 0.717) is 15.8 Å². The molecule has 1 aromatic heterocycles. The monoisotopic (exact) mass is 294 g/mol. The maximum atomic E-state index is 11.7. The lowest BCUT2D eigenvalue weighted by molar-refractivity contribution is 0.0760. The summed E-state index contributed by atoms with van der Waals surface area (Å²) in [4.78, 5) is 12.4. The fourth-order valence-electron chi connectivity index (χ4n) is 1.72. The van der Waals surface area contributed by atoms with Gasteiger partial charge in [-0.2, -0.15) is 0 Å². The number of hydrogen-bond donors (Lipinski definition) is 0. The number of aryl methyl sites for hydroxylation is 1. The van der Waals surface area contributed by atoms with Crippen LogP contribution in [0.15, 0.2) is 42.5 Å². The molecule has 2 rings (SSSR count). The molecule has 1 aromatic carbocycles. The number of ketones is 1. The quantitative estimate of drug-likeness (QED) is 0.564. The first kappa shape index (κ1) is 14.3. The van der Waals surface area contributed by atoms with Crippen LogP contribution in [0.4, 0.5) is 0 Å². The minimum absolute atomic E-state index is 0.00314. The summed E-state index contributed by atoms with van der Waals surface area (Å²) in [7, 11) is 0. The lowest BCUT2D eigenvalue weighted by atomic mass is 10.1. The molecule has 1 heterocycles. The lowest BCUT2D eigenvalue weighted by Crippen LogP contribution is -2.08. The summed E-state index contributed by atoms with van der Waals surface area (Å²) < 4.78 is 6.03. The molecule has 0 spiro atoms. The van der Waals surface area contributed by atoms with Crippen LogP contribution < -0.4 is 0 Å². The maximum absolute atomic E-state index is 11.7. The molecule has 100 valence electrons. The number of carbonyl (C=O) groups is 1. The van der Waals surface area contributed by atoms with Gasteiger partial charge in [0, 0.05) is 6.61 Å². The van der Waals surface area contributed by atoms with Gasteiger partial charge >= 0.3 is 0 Å². The smallest absolute Gasteiger partial charge is 0.198 e. The number of hydrogen-bond acceptors (Lipinski definition) is 3. The van der Waals surface area contributed by atoms with E-state index in [9.17, 15) is 4.79 Å². The van der Waals surface area contributed by atoms with Crippen LogP contribution in [0.5, 0.6) is 0 Å². The molecule has 0 unspecified atom stereocenters. The highest BCUT2D eigenvalue weighted by molar-refractivity contribution is 7.18. The molecule has 0 radical (unpaired) electrons. The number of halogens is 1. The van der Waals surface area contributed by atoms with Crippen molar-refractivity contribution in [3.8, 4) is 0 Å². The third kappa shape index (κ3) is 4.78. The van der Waals surface area contributed by atoms with Crippen molar-refractivity contribution in [2.45, 2.75) is 12.8 Å². The number of ether oxygens (including phenoxy) is 1. The van der Waals surface area contributed by atoms with E-state index in [1.165, 1.54) is 16.9 Å². The van der Waals surface area contributed by atoms with Gasteiger partial charge < -0.3 is 4.74 Å². The van der Waals surface area contributed by atoms with E-state index < -0.39 is 0 Å². The Bertz CT molecular complexity index is 522. The fourth-order valence-corrected chi connectivity index (χ4v) is 2.69. The maximum Gasteiger partial charge on any atom is 0.198 e. The van der Waals surface area contributed by atoms with Gasteiger partial charge in [-0.1, -0.05) is 41.9 Å². The first-order valence-electron chi connectivity index (χ1n) is 6.16. The van der Waals surface area contributed by atoms with Crippen molar-refractivity contribution in [1.29, 1.82) is 0 Å². The molecule has 0 saturated carbocycles. The molecule has 0 N–H and O–H groups in total. The van der Waals surface area contributed by atoms with Crippen LogP contribution >= 0.6 is 22.9 Å². The molecule has 19 heavy (non-hydrogen) atoms. The Labute approximate surface area is 122 Å². The predicted octanol–water partition coefficient (Wildman–Crippen LogP) is 4.23. The van der Waals surface area contributed by atoms with Crippen LogP contribution in [0.3, 0.4) is 0 Å². The minimum Gasteiger partial charge on any atom is -0.373 e. The summed E-state index contributed by atoms with van der Waals surface area (Å²) in [5, 5.41) is 0. The second-order valence-electron chi connectivity index (χ2n) is 4.17. The molecular formula is C15H15ClO2S. The number of rotatable bonds is 7. The Morgan fingerprint density at radius 3 is 2.63 bits per heavy atom. The van der Waals surface area contributed by atoms with Crippen LogP contribution in [0, 0.1) is 0 Å². The summed E-state index contributed by atoms with van der Waals surface area (Å²) in [5.41, 5.74) is 1.29. The summed E-state index contributed by atoms with van der Waals surface area (Å²) in [6, 6.07) is 13.7. The first-order valence-corrected chi connectivity index (χ1v) is 7.35. The third-order valence-electron chi connectivity index (χ3n) is 2.68. The SMILES string of the molecule is O=C(COCCCc1ccccc1)c1ccc(Cl)s1. The minimum atomic E-state index is -0.00314. The predicted molar refractivity (Wildman–Crippen MR) is 79.2 cm³/mol. The van der Waals surface area contributed by atoms with E-state index in [2.05, 4.69) is 12.1 Å². The fraction of sp³-hybridized carbons (Fsp3) is 0.267. The van der Waals surface area contributed by atoms with Crippen LogP contribution in [0.2, 0.25) is 4.34 Å². The Hall–Kier alpha value is -1.16. The van der Waals surface area contributed by atoms with Gasteiger partial charge in [-0.25, -0.2) is 0 Å². The molecule has 0 saturated heterocycles. The zero-order valence-electron chi connectivity index (χ0n) is 10.5. The molecule has 2 nitrogen and oxygen atoms in total. The molecule has 0 bridgehead atoms. The Morgan fingerprint density at radius 2 is 1.95 bits per heavy atom. The molecule has 0 aliphatic heterocycles. The molecule has 2 aromatic rings. The summed E-state index contributed by atoms with van der Waals surface area (Å²) in [5.74, 6) is -0.00314. The van der Waals surface area contributed by atoms with Crippen molar-refractivity contribution in [3.05, 3.63) is 57.2 Å². The van der Waals surface area contributed by atoms with Gasteiger partial charge in [-0.05, 0) is 30.5 Å². The van der Waals surface area contributed by atoms with Gasteiger partial charge in [-0.3, -0.25) is 4.79 Å². The number of thiophene rings is 1. The van der Waals surface area contributed by atoms with Gasteiger partial charge in [0.2, 0.25) is 0 Å². The van der Waals surface area contributed by atoms with Gasteiger partial charge in [0.15, 0.2) is 5.78 Å². The summed E-state index contributed by atoms with van der Waals surface area (Å²) in [6.45, 7) is 0.728. The highest BCUT2D eigenvalue weighted by atomic mass is 35.5. The van der Waals surface area contributed by atoms with Crippen molar-refractivity contribution in [2.24, 2.45) is 0 Å². The van der Waals surface area contributed by atoms with Crippen molar-refractivity contribution in [1.82, 2.24) is 0 Å². The van der Waals surface area contributed by atoms with Gasteiger partial charge in [-0.15, -0.1) is 11.3 Å². The molecule has 0 aliphatic carbocycles. The van der Waals surface area contributed by atoms with Crippen LogP contribution in [-0.4, -0.2) is 19.0 Å². The third-order valence-corrected chi connectivity index (χ3v) is 3.95. The number of benzene rings is 1. The number of carbonyl (C=O) groups excluding carboxylic acids is 1. The molecule has 0 aliphatic rings. The molecule has 0 amide bonds. The second-order valence-corrected chi connectivity index (χ2v) is 5.88.